The average Bonchev–Trinajstić information content (AvgIpc) is 3.22. The van der Waals surface area contributed by atoms with Gasteiger partial charge in [-0.3, -0.25) is 9.29 Å². The molecule has 0 spiro atoms. The Hall–Kier alpha value is -4.46. The molecule has 13 nitrogen and oxygen atoms in total. The zero-order valence-corrected chi connectivity index (χ0v) is 28.6. The largest absolute Gasteiger partial charge is 0.458 e. The molecule has 14 heteroatoms. The molecule has 0 radical (unpaired) electrons. The zero-order valence-electron chi connectivity index (χ0n) is 27.7. The molecule has 0 saturated heterocycles. The first-order chi connectivity index (χ1) is 21.6. The number of imidazole rings is 1. The van der Waals surface area contributed by atoms with E-state index in [1.54, 1.807) is 56.8 Å². The van der Waals surface area contributed by atoms with Crippen LogP contribution in [0.3, 0.4) is 0 Å². The number of rotatable bonds is 13. The number of carbonyl (C=O) groups excluding carboxylic acids is 1. The fraction of sp³-hybridized carbons (Fsp3) is 0.469. The number of benzene rings is 1. The number of hydrogen-bond donors (Lipinski definition) is 2. The van der Waals surface area contributed by atoms with Gasteiger partial charge in [0.2, 0.25) is 16.0 Å². The molecule has 4 rings (SSSR count). The topological polar surface area (TPSA) is 153 Å². The number of nitrogens with one attached hydrogen (secondary N) is 2. The predicted molar refractivity (Wildman–Crippen MR) is 181 cm³/mol. The summed E-state index contributed by atoms with van der Waals surface area (Å²) >= 11 is 0. The number of nitrogens with zero attached hydrogens (tertiary/aromatic N) is 6. The van der Waals surface area contributed by atoms with E-state index >= 15 is 0 Å². The minimum Gasteiger partial charge on any atom is -0.458 e. The summed E-state index contributed by atoms with van der Waals surface area (Å²) in [7, 11) is -2.03. The highest BCUT2D eigenvalue weighted by atomic mass is 32.2. The van der Waals surface area contributed by atoms with Gasteiger partial charge < -0.3 is 15.0 Å². The maximum Gasteiger partial charge on any atom is 0.334 e. The van der Waals surface area contributed by atoms with Crippen molar-refractivity contribution < 1.29 is 17.9 Å². The number of anilines is 3. The van der Waals surface area contributed by atoms with Gasteiger partial charge in [0, 0.05) is 32.8 Å². The second-order valence-electron chi connectivity index (χ2n) is 12.5. The van der Waals surface area contributed by atoms with Crippen molar-refractivity contribution in [2.24, 2.45) is 13.0 Å². The summed E-state index contributed by atoms with van der Waals surface area (Å²) in [5.41, 5.74) is 1.77. The van der Waals surface area contributed by atoms with Crippen LogP contribution in [0, 0.1) is 5.92 Å². The Balaban J connectivity index is 1.72. The molecule has 0 aliphatic carbocycles. The molecule has 1 aromatic carbocycles. The number of sulfonamides is 1. The number of pyridine rings is 1. The summed E-state index contributed by atoms with van der Waals surface area (Å²) in [5.74, 6) is -0.194. The van der Waals surface area contributed by atoms with Crippen molar-refractivity contribution >= 4 is 44.6 Å². The van der Waals surface area contributed by atoms with E-state index in [1.165, 1.54) is 10.8 Å². The van der Waals surface area contributed by atoms with E-state index in [9.17, 15) is 18.0 Å². The summed E-state index contributed by atoms with van der Waals surface area (Å²) < 4.78 is 37.3. The number of esters is 1. The lowest BCUT2D eigenvalue weighted by Gasteiger charge is -2.26. The summed E-state index contributed by atoms with van der Waals surface area (Å²) in [6.07, 6.45) is 3.23. The molecular weight excluding hydrogens is 608 g/mol. The van der Waals surface area contributed by atoms with E-state index in [-0.39, 0.29) is 35.3 Å². The van der Waals surface area contributed by atoms with E-state index in [4.69, 9.17) is 4.74 Å². The lowest BCUT2D eigenvalue weighted by molar-refractivity contribution is -0.155. The summed E-state index contributed by atoms with van der Waals surface area (Å²) in [5, 5.41) is 3.17. The van der Waals surface area contributed by atoms with Gasteiger partial charge in [0.25, 0.3) is 0 Å². The molecule has 46 heavy (non-hydrogen) atoms. The van der Waals surface area contributed by atoms with E-state index in [0.29, 0.717) is 35.9 Å². The van der Waals surface area contributed by atoms with Crippen LogP contribution < -0.4 is 20.6 Å². The van der Waals surface area contributed by atoms with E-state index in [2.05, 4.69) is 25.0 Å². The van der Waals surface area contributed by atoms with Crippen LogP contribution in [0.2, 0.25) is 0 Å². The molecule has 0 saturated carbocycles. The fourth-order valence-corrected chi connectivity index (χ4v) is 6.46. The molecule has 0 amide bonds. The van der Waals surface area contributed by atoms with Gasteiger partial charge in [-0.2, -0.15) is 4.98 Å². The smallest absolute Gasteiger partial charge is 0.334 e. The van der Waals surface area contributed by atoms with Crippen LogP contribution in [0.4, 0.5) is 17.5 Å². The Bertz CT molecular complexity index is 1840. The lowest BCUT2D eigenvalue weighted by atomic mass is 10.0. The maximum atomic E-state index is 13.6. The third-order valence-corrected chi connectivity index (χ3v) is 8.73. The zero-order chi connectivity index (χ0) is 33.8. The Morgan fingerprint density at radius 2 is 1.74 bits per heavy atom. The quantitative estimate of drug-likeness (QED) is 0.202. The van der Waals surface area contributed by atoms with Crippen molar-refractivity contribution in [3.05, 3.63) is 64.8 Å². The predicted octanol–water partition coefficient (Wildman–Crippen LogP) is 4.12. The highest BCUT2D eigenvalue weighted by Gasteiger charge is 2.28. The first-order valence-electron chi connectivity index (χ1n) is 15.4. The molecule has 248 valence electrons. The van der Waals surface area contributed by atoms with Crippen molar-refractivity contribution in [3.8, 4) is 5.69 Å². The normalized spacial score (nSPS) is 12.7. The Kier molecular flexibility index (Phi) is 10.4. The molecule has 0 aliphatic heterocycles. The third-order valence-electron chi connectivity index (χ3n) is 7.09. The van der Waals surface area contributed by atoms with Gasteiger partial charge in [-0.05, 0) is 70.4 Å². The van der Waals surface area contributed by atoms with E-state index < -0.39 is 27.6 Å². The summed E-state index contributed by atoms with van der Waals surface area (Å²) in [4.78, 5) is 42.0. The molecule has 1 atom stereocenters. The fourth-order valence-electron chi connectivity index (χ4n) is 5.01. The third kappa shape index (κ3) is 8.22. The molecular formula is C32H44N8O5S. The van der Waals surface area contributed by atoms with Gasteiger partial charge in [-0.25, -0.2) is 32.5 Å². The van der Waals surface area contributed by atoms with Crippen LogP contribution in [0.5, 0.6) is 0 Å². The first-order valence-corrected chi connectivity index (χ1v) is 17.0. The highest BCUT2D eigenvalue weighted by Crippen LogP contribution is 2.26. The molecule has 3 aromatic heterocycles. The number of hydrogen-bond acceptors (Lipinski definition) is 10. The molecule has 4 aromatic rings. The van der Waals surface area contributed by atoms with Crippen molar-refractivity contribution in [1.82, 2.24) is 24.1 Å². The van der Waals surface area contributed by atoms with Crippen molar-refractivity contribution in [2.45, 2.75) is 66.5 Å². The second-order valence-corrected chi connectivity index (χ2v) is 14.3. The SMILES string of the molecule is CCN(CC)c1ncc(NS(=O)(=O)CC(C)C)c(NC(Cc2ccc(-n3c(=O)n(C)c4cccnc43)cc2)C(=O)OC(C)(C)C)n1. The van der Waals surface area contributed by atoms with Crippen LogP contribution >= 0.6 is 0 Å². The molecule has 0 aliphatic rings. The Labute approximate surface area is 270 Å². The first kappa shape index (κ1) is 34.4. The molecule has 0 bridgehead atoms. The van der Waals surface area contributed by atoms with Gasteiger partial charge in [0.05, 0.1) is 23.2 Å². The maximum absolute atomic E-state index is 13.6. The average molecular weight is 653 g/mol. The van der Waals surface area contributed by atoms with E-state index in [0.717, 1.165) is 5.56 Å². The molecule has 0 fully saturated rings. The molecule has 1 unspecified atom stereocenters. The van der Waals surface area contributed by atoms with Crippen LogP contribution in [-0.4, -0.2) is 69.0 Å². The minimum atomic E-state index is -3.73. The van der Waals surface area contributed by atoms with Gasteiger partial charge in [0.15, 0.2) is 11.5 Å². The summed E-state index contributed by atoms with van der Waals surface area (Å²) in [6, 6.07) is 9.92. The minimum absolute atomic E-state index is 0.0958. The van der Waals surface area contributed by atoms with Gasteiger partial charge >= 0.3 is 11.7 Å². The number of aromatic nitrogens is 5. The van der Waals surface area contributed by atoms with E-state index in [1.807, 2.05) is 50.8 Å². The van der Waals surface area contributed by atoms with Gasteiger partial charge in [0.1, 0.15) is 17.3 Å². The molecule has 3 heterocycles. The summed E-state index contributed by atoms with van der Waals surface area (Å²) in [6.45, 7) is 14.2. The molecule has 2 N–H and O–H groups in total. The number of ether oxygens (including phenoxy) is 1. The highest BCUT2D eigenvalue weighted by molar-refractivity contribution is 7.92. The lowest BCUT2D eigenvalue weighted by Crippen LogP contribution is -2.38. The number of aryl methyl sites for hydroxylation is 1. The van der Waals surface area contributed by atoms with Crippen molar-refractivity contribution in [1.29, 1.82) is 0 Å². The second kappa shape index (κ2) is 13.9. The standard InChI is InChI=1S/C32H44N8O5S/c1-9-39(10-2)30-34-19-25(37-46(43,44)20-21(3)4)27(36-30)35-24(29(41)45-32(5,6)7)18-22-13-15-23(16-14-22)40-28-26(12-11-17-33-28)38(8)31(40)42/h11-17,19,21,24,37H,9-10,18,20H2,1-8H3,(H,34,35,36). The van der Waals surface area contributed by atoms with Crippen LogP contribution in [0.1, 0.15) is 54.0 Å². The van der Waals surface area contributed by atoms with Gasteiger partial charge in [-0.15, -0.1) is 0 Å². The van der Waals surface area contributed by atoms with Crippen molar-refractivity contribution in [3.63, 3.8) is 0 Å². The van der Waals surface area contributed by atoms with Crippen LogP contribution in [0.25, 0.3) is 16.9 Å². The van der Waals surface area contributed by atoms with Crippen LogP contribution in [-0.2, 0) is 33.0 Å². The monoisotopic (exact) mass is 652 g/mol. The Morgan fingerprint density at radius 3 is 2.35 bits per heavy atom. The number of fused-ring (bicyclic) bond motifs is 1. The van der Waals surface area contributed by atoms with Crippen LogP contribution in [0.15, 0.2) is 53.6 Å². The Morgan fingerprint density at radius 1 is 1.07 bits per heavy atom. The number of carbonyl (C=O) groups is 1. The van der Waals surface area contributed by atoms with Crippen molar-refractivity contribution in [2.75, 3.05) is 33.8 Å². The van der Waals surface area contributed by atoms with Gasteiger partial charge in [-0.1, -0.05) is 26.0 Å².